The van der Waals surface area contributed by atoms with E-state index in [0.29, 0.717) is 28.7 Å². The van der Waals surface area contributed by atoms with Crippen molar-refractivity contribution < 1.29 is 14.3 Å². The van der Waals surface area contributed by atoms with Crippen molar-refractivity contribution in [3.63, 3.8) is 0 Å². The SMILES string of the molecule is COc1cc(C(=O)N2[C@H]3CC[C@@H]2[C@H](N)C3)cc2nc(-c3cc4ccc([C@@H](C)NC(=O)c5ccccn5)nc4n3CC3CC3)c(C)n12. The van der Waals surface area contributed by atoms with E-state index in [1.165, 1.54) is 12.8 Å². The Morgan fingerprint density at radius 3 is 2.63 bits per heavy atom. The average molecular weight is 619 g/mol. The Kier molecular flexibility index (Phi) is 6.82. The van der Waals surface area contributed by atoms with E-state index in [1.807, 2.05) is 41.3 Å². The van der Waals surface area contributed by atoms with E-state index in [1.54, 1.807) is 31.5 Å². The van der Waals surface area contributed by atoms with Crippen molar-refractivity contribution in [3.05, 3.63) is 77.4 Å². The summed E-state index contributed by atoms with van der Waals surface area (Å²) in [6.45, 7) is 4.80. The Balaban J connectivity index is 1.18. The molecule has 3 fully saturated rings. The zero-order chi connectivity index (χ0) is 31.7. The molecule has 7 heterocycles. The van der Waals surface area contributed by atoms with Gasteiger partial charge in [0.15, 0.2) is 5.88 Å². The molecule has 4 atom stereocenters. The molecule has 5 aromatic rings. The van der Waals surface area contributed by atoms with Gasteiger partial charge < -0.3 is 25.3 Å². The van der Waals surface area contributed by atoms with Crippen molar-refractivity contribution in [2.24, 2.45) is 11.7 Å². The number of aromatic nitrogens is 5. The molecular weight excluding hydrogens is 580 g/mol. The molecule has 11 heteroatoms. The largest absolute Gasteiger partial charge is 0.482 e. The zero-order valence-electron chi connectivity index (χ0n) is 26.3. The summed E-state index contributed by atoms with van der Waals surface area (Å²) < 4.78 is 10.1. The van der Waals surface area contributed by atoms with Gasteiger partial charge in [-0.1, -0.05) is 6.07 Å². The zero-order valence-corrected chi connectivity index (χ0v) is 26.3. The first-order valence-corrected chi connectivity index (χ1v) is 16.2. The van der Waals surface area contributed by atoms with Gasteiger partial charge in [-0.05, 0) is 88.3 Å². The molecule has 2 saturated heterocycles. The molecule has 2 amide bonds. The van der Waals surface area contributed by atoms with Crippen molar-refractivity contribution in [2.75, 3.05) is 7.11 Å². The fourth-order valence-electron chi connectivity index (χ4n) is 7.46. The number of hydrogen-bond donors (Lipinski definition) is 2. The normalized spacial score (nSPS) is 21.3. The van der Waals surface area contributed by atoms with Crippen LogP contribution in [0.15, 0.2) is 54.7 Å². The van der Waals surface area contributed by atoms with Crippen LogP contribution in [0.25, 0.3) is 28.1 Å². The number of nitrogens with one attached hydrogen (secondary N) is 1. The summed E-state index contributed by atoms with van der Waals surface area (Å²) in [5.41, 5.74) is 12.3. The van der Waals surface area contributed by atoms with Crippen LogP contribution in [0.3, 0.4) is 0 Å². The first kappa shape index (κ1) is 28.7. The Morgan fingerprint density at radius 2 is 1.93 bits per heavy atom. The second-order valence-electron chi connectivity index (χ2n) is 13.1. The molecule has 0 radical (unpaired) electrons. The van der Waals surface area contributed by atoms with Gasteiger partial charge >= 0.3 is 0 Å². The Bertz CT molecular complexity index is 2000. The number of carbonyl (C=O) groups is 2. The number of nitrogens with zero attached hydrogens (tertiary/aromatic N) is 6. The van der Waals surface area contributed by atoms with Gasteiger partial charge in [0.05, 0.1) is 30.2 Å². The lowest BCUT2D eigenvalue weighted by Crippen LogP contribution is -2.40. The molecule has 2 bridgehead atoms. The minimum atomic E-state index is -0.316. The van der Waals surface area contributed by atoms with Crippen LogP contribution in [-0.2, 0) is 6.54 Å². The second kappa shape index (κ2) is 10.9. The Morgan fingerprint density at radius 1 is 1.09 bits per heavy atom. The monoisotopic (exact) mass is 618 g/mol. The van der Waals surface area contributed by atoms with Crippen molar-refractivity contribution >= 4 is 28.5 Å². The van der Waals surface area contributed by atoms with E-state index in [-0.39, 0.29) is 36.0 Å². The minimum absolute atomic E-state index is 0.00714. The van der Waals surface area contributed by atoms with Crippen molar-refractivity contribution in [1.82, 2.24) is 34.1 Å². The molecule has 0 spiro atoms. The van der Waals surface area contributed by atoms with E-state index in [4.69, 9.17) is 20.4 Å². The number of nitrogens with two attached hydrogens (primary N) is 1. The number of hydrogen-bond acceptors (Lipinski definition) is 7. The second-order valence-corrected chi connectivity index (χ2v) is 13.1. The lowest BCUT2D eigenvalue weighted by Gasteiger charge is -2.23. The third-order valence-electron chi connectivity index (χ3n) is 10.0. The van der Waals surface area contributed by atoms with Crippen LogP contribution in [0.2, 0.25) is 0 Å². The fourth-order valence-corrected chi connectivity index (χ4v) is 7.46. The highest BCUT2D eigenvalue weighted by atomic mass is 16.5. The Labute approximate surface area is 266 Å². The summed E-state index contributed by atoms with van der Waals surface area (Å²) in [5.74, 6) is 0.902. The van der Waals surface area contributed by atoms with Gasteiger partial charge in [0, 0.05) is 47.9 Å². The quantitative estimate of drug-likeness (QED) is 0.258. The number of methoxy groups -OCH3 is 1. The predicted octanol–water partition coefficient (Wildman–Crippen LogP) is 4.67. The fraction of sp³-hybridized carbons (Fsp3) is 0.400. The molecule has 2 aliphatic heterocycles. The van der Waals surface area contributed by atoms with Crippen LogP contribution >= 0.6 is 0 Å². The van der Waals surface area contributed by atoms with Gasteiger partial charge in [0.2, 0.25) is 0 Å². The average Bonchev–Trinajstić information content (AvgIpc) is 3.38. The molecule has 1 aliphatic carbocycles. The first-order valence-electron chi connectivity index (χ1n) is 16.2. The van der Waals surface area contributed by atoms with E-state index >= 15 is 0 Å². The summed E-state index contributed by atoms with van der Waals surface area (Å²) in [4.78, 5) is 43.0. The van der Waals surface area contributed by atoms with Gasteiger partial charge in [-0.3, -0.25) is 19.0 Å². The molecule has 5 aromatic heterocycles. The summed E-state index contributed by atoms with van der Waals surface area (Å²) in [6.07, 6.45) is 6.80. The molecule has 11 nitrogen and oxygen atoms in total. The minimum Gasteiger partial charge on any atom is -0.482 e. The highest BCUT2D eigenvalue weighted by Crippen LogP contribution is 2.40. The van der Waals surface area contributed by atoms with E-state index < -0.39 is 0 Å². The predicted molar refractivity (Wildman–Crippen MR) is 174 cm³/mol. The van der Waals surface area contributed by atoms with Gasteiger partial charge in [0.25, 0.3) is 11.8 Å². The molecule has 0 aromatic carbocycles. The molecular formula is C35H38N8O3. The lowest BCUT2D eigenvalue weighted by atomic mass is 9.97. The molecule has 46 heavy (non-hydrogen) atoms. The Hall–Kier alpha value is -4.77. The standard InChI is InChI=1S/C35H38N8O3/c1-19(38-34(44)27-6-4-5-13-37-27)26-11-9-22-14-29(41(33(22)39-26)18-21-7-8-21)32-20(2)42-30(40-32)15-23(16-31(42)46-3)35(45)43-24-10-12-28(43)25(36)17-24/h4-6,9,11,13-16,19,21,24-25,28H,7-8,10,12,17-18,36H2,1-3H3,(H,38,44)/t19-,24+,25-,28-/m1/s1. The van der Waals surface area contributed by atoms with E-state index in [9.17, 15) is 9.59 Å². The van der Waals surface area contributed by atoms with Gasteiger partial charge in [0.1, 0.15) is 22.7 Å². The summed E-state index contributed by atoms with van der Waals surface area (Å²) in [5, 5.41) is 4.04. The van der Waals surface area contributed by atoms with Gasteiger partial charge in [-0.2, -0.15) is 0 Å². The molecule has 236 valence electrons. The number of pyridine rings is 3. The maximum absolute atomic E-state index is 13.8. The van der Waals surface area contributed by atoms with Crippen molar-refractivity contribution in [3.8, 4) is 17.3 Å². The van der Waals surface area contributed by atoms with Gasteiger partial charge in [-0.15, -0.1) is 0 Å². The summed E-state index contributed by atoms with van der Waals surface area (Å²) >= 11 is 0. The maximum Gasteiger partial charge on any atom is 0.270 e. The van der Waals surface area contributed by atoms with Crippen molar-refractivity contribution in [1.29, 1.82) is 0 Å². The number of rotatable bonds is 8. The van der Waals surface area contributed by atoms with Crippen LogP contribution < -0.4 is 15.8 Å². The van der Waals surface area contributed by atoms with Gasteiger partial charge in [-0.25, -0.2) is 9.97 Å². The van der Waals surface area contributed by atoms with Crippen LogP contribution in [-0.4, -0.2) is 65.9 Å². The topological polar surface area (TPSA) is 133 Å². The number of carbonyl (C=O) groups excluding carboxylic acids is 2. The highest BCUT2D eigenvalue weighted by molar-refractivity contribution is 5.97. The van der Waals surface area contributed by atoms with Crippen LogP contribution in [0, 0.1) is 12.8 Å². The van der Waals surface area contributed by atoms with Crippen LogP contribution in [0.5, 0.6) is 5.88 Å². The number of amides is 2. The highest BCUT2D eigenvalue weighted by Gasteiger charge is 2.47. The van der Waals surface area contributed by atoms with Crippen LogP contribution in [0.1, 0.15) is 77.3 Å². The molecule has 3 aliphatic rings. The van der Waals surface area contributed by atoms with Crippen molar-refractivity contribution in [2.45, 2.75) is 76.7 Å². The van der Waals surface area contributed by atoms with E-state index in [0.717, 1.165) is 59.6 Å². The first-order chi connectivity index (χ1) is 22.3. The maximum atomic E-state index is 13.8. The molecule has 0 unspecified atom stereocenters. The third-order valence-corrected chi connectivity index (χ3v) is 10.0. The lowest BCUT2D eigenvalue weighted by molar-refractivity contribution is 0.0725. The smallest absolute Gasteiger partial charge is 0.270 e. The van der Waals surface area contributed by atoms with Crippen LogP contribution in [0.4, 0.5) is 0 Å². The number of fused-ring (bicyclic) bond motifs is 4. The summed E-state index contributed by atoms with van der Waals surface area (Å²) in [7, 11) is 1.63. The third kappa shape index (κ3) is 4.72. The summed E-state index contributed by atoms with van der Waals surface area (Å²) in [6, 6.07) is 15.2. The molecule has 8 rings (SSSR count). The van der Waals surface area contributed by atoms with E-state index in [2.05, 4.69) is 27.0 Å². The number of ether oxygens (including phenoxy) is 1. The molecule has 1 saturated carbocycles. The molecule has 3 N–H and O–H groups in total. The number of imidazole rings is 1. The number of aryl methyl sites for hydroxylation is 1.